The van der Waals surface area contributed by atoms with Crippen molar-refractivity contribution in [3.63, 3.8) is 0 Å². The zero-order chi connectivity index (χ0) is 20.6. The Balaban J connectivity index is 2.13. The van der Waals surface area contributed by atoms with E-state index in [1.54, 1.807) is 24.3 Å². The van der Waals surface area contributed by atoms with Crippen LogP contribution in [0.25, 0.3) is 0 Å². The van der Waals surface area contributed by atoms with Crippen LogP contribution in [0.1, 0.15) is 28.4 Å². The highest BCUT2D eigenvalue weighted by Gasteiger charge is 2.34. The van der Waals surface area contributed by atoms with Gasteiger partial charge in [-0.05, 0) is 42.8 Å². The third-order valence-corrected chi connectivity index (χ3v) is 3.48. The lowest BCUT2D eigenvalue weighted by Gasteiger charge is -2.11. The van der Waals surface area contributed by atoms with Crippen LogP contribution in [0.3, 0.4) is 0 Å². The minimum Gasteiger partial charge on any atom is -0.490 e. The van der Waals surface area contributed by atoms with Crippen LogP contribution in [-0.4, -0.2) is 25.3 Å². The Morgan fingerprint density at radius 3 is 2.61 bits per heavy atom. The number of hydrogen-bond acceptors (Lipinski definition) is 4. The van der Waals surface area contributed by atoms with Crippen LogP contribution in [0.4, 0.5) is 13.2 Å². The first kappa shape index (κ1) is 21.0. The van der Waals surface area contributed by atoms with Crippen LogP contribution >= 0.6 is 0 Å². The van der Waals surface area contributed by atoms with Gasteiger partial charge in [0.15, 0.2) is 11.5 Å². The number of carbonyl (C=O) groups is 1. The topological polar surface area (TPSA) is 59.9 Å². The molecule has 0 spiro atoms. The van der Waals surface area contributed by atoms with E-state index in [9.17, 15) is 18.0 Å². The largest absolute Gasteiger partial charge is 0.490 e. The lowest BCUT2D eigenvalue weighted by Crippen LogP contribution is -2.22. The van der Waals surface area contributed by atoms with Crippen molar-refractivity contribution < 1.29 is 27.4 Å². The molecule has 0 aromatic heterocycles. The molecule has 0 heterocycles. The molecule has 0 radical (unpaired) electrons. The summed E-state index contributed by atoms with van der Waals surface area (Å²) >= 11 is 0. The van der Waals surface area contributed by atoms with Crippen molar-refractivity contribution in [2.24, 2.45) is 5.10 Å². The normalized spacial score (nSPS) is 11.3. The lowest BCUT2D eigenvalue weighted by molar-refractivity contribution is -0.137. The molecule has 0 aliphatic heterocycles. The maximum absolute atomic E-state index is 13.0. The van der Waals surface area contributed by atoms with Crippen LogP contribution < -0.4 is 14.9 Å². The van der Waals surface area contributed by atoms with E-state index in [1.165, 1.54) is 18.3 Å². The maximum Gasteiger partial charge on any atom is 0.417 e. The highest BCUT2D eigenvalue weighted by atomic mass is 19.4. The van der Waals surface area contributed by atoms with Crippen molar-refractivity contribution >= 4 is 12.1 Å². The Bertz CT molecular complexity index is 864. The van der Waals surface area contributed by atoms with Crippen molar-refractivity contribution in [3.05, 3.63) is 71.8 Å². The van der Waals surface area contributed by atoms with Gasteiger partial charge in [-0.15, -0.1) is 0 Å². The van der Waals surface area contributed by atoms with Crippen LogP contribution in [0.15, 0.2) is 60.2 Å². The Morgan fingerprint density at radius 2 is 1.93 bits per heavy atom. The molecule has 0 fully saturated rings. The predicted molar refractivity (Wildman–Crippen MR) is 99.8 cm³/mol. The third-order valence-electron chi connectivity index (χ3n) is 3.48. The summed E-state index contributed by atoms with van der Waals surface area (Å²) in [5, 5.41) is 3.73. The number of nitrogens with zero attached hydrogens (tertiary/aromatic N) is 1. The van der Waals surface area contributed by atoms with Gasteiger partial charge in [-0.3, -0.25) is 4.79 Å². The van der Waals surface area contributed by atoms with E-state index in [-0.39, 0.29) is 0 Å². The van der Waals surface area contributed by atoms with E-state index in [4.69, 9.17) is 9.47 Å². The number of hydrogen-bond donors (Lipinski definition) is 1. The molecule has 0 bridgehead atoms. The molecule has 2 rings (SSSR count). The van der Waals surface area contributed by atoms with E-state index >= 15 is 0 Å². The van der Waals surface area contributed by atoms with Gasteiger partial charge >= 0.3 is 6.18 Å². The molecule has 0 aliphatic carbocycles. The van der Waals surface area contributed by atoms with Gasteiger partial charge in [-0.1, -0.05) is 24.8 Å². The van der Waals surface area contributed by atoms with Crippen molar-refractivity contribution in [3.8, 4) is 11.5 Å². The minimum absolute atomic E-state index is 0.308. The van der Waals surface area contributed by atoms with Gasteiger partial charge in [0.05, 0.1) is 23.9 Å². The van der Waals surface area contributed by atoms with E-state index in [2.05, 4.69) is 17.1 Å². The summed E-state index contributed by atoms with van der Waals surface area (Å²) in [5.41, 5.74) is 1.15. The molecule has 0 aliphatic rings. The number of benzene rings is 2. The number of rotatable bonds is 8. The lowest BCUT2D eigenvalue weighted by atomic mass is 10.1. The molecule has 0 unspecified atom stereocenters. The average molecular weight is 392 g/mol. The Morgan fingerprint density at radius 1 is 1.18 bits per heavy atom. The van der Waals surface area contributed by atoms with E-state index in [0.29, 0.717) is 30.3 Å². The molecule has 0 saturated carbocycles. The molecule has 28 heavy (non-hydrogen) atoms. The number of hydrazone groups is 1. The number of carbonyl (C=O) groups excluding carboxylic acids is 1. The first-order valence-electron chi connectivity index (χ1n) is 8.37. The maximum atomic E-state index is 13.0. The van der Waals surface area contributed by atoms with Gasteiger partial charge in [0, 0.05) is 0 Å². The zero-order valence-electron chi connectivity index (χ0n) is 15.1. The van der Waals surface area contributed by atoms with E-state index in [0.717, 1.165) is 12.1 Å². The van der Waals surface area contributed by atoms with Crippen LogP contribution in [0.5, 0.6) is 11.5 Å². The van der Waals surface area contributed by atoms with Gasteiger partial charge in [-0.25, -0.2) is 5.43 Å². The quantitative estimate of drug-likeness (QED) is 0.411. The molecule has 2 aromatic carbocycles. The predicted octanol–water partition coefficient (Wildman–Crippen LogP) is 4.43. The second-order valence-electron chi connectivity index (χ2n) is 5.48. The molecule has 1 N–H and O–H groups in total. The van der Waals surface area contributed by atoms with Gasteiger partial charge in [0.2, 0.25) is 0 Å². The second kappa shape index (κ2) is 9.59. The molecule has 0 atom stereocenters. The zero-order valence-corrected chi connectivity index (χ0v) is 15.1. The van der Waals surface area contributed by atoms with Crippen LogP contribution in [-0.2, 0) is 6.18 Å². The molecular weight excluding hydrogens is 373 g/mol. The highest BCUT2D eigenvalue weighted by molar-refractivity contribution is 5.96. The number of halogens is 3. The number of alkyl halides is 3. The van der Waals surface area contributed by atoms with E-state index in [1.807, 2.05) is 6.92 Å². The molecule has 8 heteroatoms. The Labute approximate surface area is 160 Å². The van der Waals surface area contributed by atoms with Crippen molar-refractivity contribution in [1.82, 2.24) is 5.43 Å². The smallest absolute Gasteiger partial charge is 0.417 e. The fraction of sp³-hybridized carbons (Fsp3) is 0.200. The second-order valence-corrected chi connectivity index (χ2v) is 5.48. The van der Waals surface area contributed by atoms with Gasteiger partial charge in [-0.2, -0.15) is 18.3 Å². The van der Waals surface area contributed by atoms with Crippen LogP contribution in [0, 0.1) is 0 Å². The van der Waals surface area contributed by atoms with Crippen molar-refractivity contribution in [2.75, 3.05) is 13.2 Å². The fourth-order valence-corrected chi connectivity index (χ4v) is 2.30. The van der Waals surface area contributed by atoms with Crippen molar-refractivity contribution in [2.45, 2.75) is 13.1 Å². The molecule has 5 nitrogen and oxygen atoms in total. The first-order chi connectivity index (χ1) is 13.4. The minimum atomic E-state index is -4.63. The molecule has 0 saturated heterocycles. The van der Waals surface area contributed by atoms with Gasteiger partial charge in [0.25, 0.3) is 5.91 Å². The average Bonchev–Trinajstić information content (AvgIpc) is 2.67. The molecule has 148 valence electrons. The summed E-state index contributed by atoms with van der Waals surface area (Å²) in [7, 11) is 0. The standard InChI is InChI=1S/C20H19F3N2O3/c1-3-11-28-17-10-9-14(12-18(17)27-4-2)13-24-25-19(26)15-7-5-6-8-16(15)20(21,22)23/h3,5-10,12-13H,1,4,11H2,2H3,(H,25,26). The fourth-order valence-electron chi connectivity index (χ4n) is 2.30. The molecule has 2 aromatic rings. The highest BCUT2D eigenvalue weighted by Crippen LogP contribution is 2.32. The van der Waals surface area contributed by atoms with Gasteiger partial charge < -0.3 is 9.47 Å². The summed E-state index contributed by atoms with van der Waals surface area (Å²) < 4.78 is 49.9. The summed E-state index contributed by atoms with van der Waals surface area (Å²) in [6.07, 6.45) is -1.74. The molecule has 1 amide bonds. The number of nitrogens with one attached hydrogen (secondary N) is 1. The Hall–Kier alpha value is -3.29. The Kier molecular flexibility index (Phi) is 7.20. The monoisotopic (exact) mass is 392 g/mol. The summed E-state index contributed by atoms with van der Waals surface area (Å²) in [5.74, 6) is 0.0317. The molecular formula is C20H19F3N2O3. The summed E-state index contributed by atoms with van der Waals surface area (Å²) in [6, 6.07) is 9.47. The third kappa shape index (κ3) is 5.60. The van der Waals surface area contributed by atoms with E-state index < -0.39 is 23.2 Å². The van der Waals surface area contributed by atoms with Gasteiger partial charge in [0.1, 0.15) is 6.61 Å². The summed E-state index contributed by atoms with van der Waals surface area (Å²) in [4.78, 5) is 12.1. The number of amides is 1. The SMILES string of the molecule is C=CCOc1ccc(C=NNC(=O)c2ccccc2C(F)(F)F)cc1OCC. The number of ether oxygens (including phenoxy) is 2. The van der Waals surface area contributed by atoms with Crippen molar-refractivity contribution in [1.29, 1.82) is 0 Å². The first-order valence-corrected chi connectivity index (χ1v) is 8.37. The summed E-state index contributed by atoms with van der Waals surface area (Å²) in [6.45, 7) is 6.11. The van der Waals surface area contributed by atoms with Crippen LogP contribution in [0.2, 0.25) is 0 Å².